The van der Waals surface area contributed by atoms with Crippen molar-refractivity contribution < 1.29 is 27.5 Å². The van der Waals surface area contributed by atoms with Crippen LogP contribution in [0.5, 0.6) is 0 Å². The number of carbonyl (C=O) groups is 2. The van der Waals surface area contributed by atoms with Gasteiger partial charge in [-0.05, 0) is 56.5 Å². The summed E-state index contributed by atoms with van der Waals surface area (Å²) in [5.41, 5.74) is 2.51. The van der Waals surface area contributed by atoms with Gasteiger partial charge in [0, 0.05) is 23.5 Å². The van der Waals surface area contributed by atoms with Crippen LogP contribution < -0.4 is 5.32 Å². The molecule has 0 spiro atoms. The van der Waals surface area contributed by atoms with Crippen LogP contribution in [0, 0.1) is 31.3 Å². The highest BCUT2D eigenvalue weighted by molar-refractivity contribution is 5.94. The molecule has 3 rings (SSSR count). The minimum Gasteiger partial charge on any atom is -0.452 e. The Labute approximate surface area is 159 Å². The lowest BCUT2D eigenvalue weighted by molar-refractivity contribution is -0.142. The van der Waals surface area contributed by atoms with Crippen LogP contribution in [0.1, 0.15) is 35.8 Å². The Balaban J connectivity index is 1.54. The minimum absolute atomic E-state index is 0.523. The summed E-state index contributed by atoms with van der Waals surface area (Å²) in [6.45, 7) is 3.28. The Bertz CT molecular complexity index is 962. The molecular weight excluding hydrogens is 373 g/mol. The lowest BCUT2D eigenvalue weighted by Crippen LogP contribution is -2.21. The van der Waals surface area contributed by atoms with Crippen molar-refractivity contribution >= 4 is 23.6 Å². The number of aromatic nitrogens is 1. The second-order valence-corrected chi connectivity index (χ2v) is 6.64. The molecule has 5 nitrogen and oxygen atoms in total. The maximum atomic E-state index is 13.5. The van der Waals surface area contributed by atoms with Gasteiger partial charge in [0.2, 0.25) is 0 Å². The van der Waals surface area contributed by atoms with Crippen LogP contribution in [-0.2, 0) is 14.3 Å². The Morgan fingerprint density at radius 2 is 1.93 bits per heavy atom. The molecule has 2 aromatic rings. The maximum Gasteiger partial charge on any atom is 0.331 e. The molecule has 1 amide bonds. The van der Waals surface area contributed by atoms with Crippen LogP contribution in [0.2, 0.25) is 0 Å². The fraction of sp³-hybridized carbons (Fsp3) is 0.300. The summed E-state index contributed by atoms with van der Waals surface area (Å²) in [5.74, 6) is -6.21. The van der Waals surface area contributed by atoms with Crippen molar-refractivity contribution in [3.05, 3.63) is 58.7 Å². The van der Waals surface area contributed by atoms with Crippen molar-refractivity contribution in [1.29, 1.82) is 0 Å². The van der Waals surface area contributed by atoms with Gasteiger partial charge in [-0.15, -0.1) is 0 Å². The number of ether oxygens (including phenoxy) is 1. The molecule has 1 aliphatic rings. The Morgan fingerprint density at radius 3 is 2.61 bits per heavy atom. The zero-order valence-corrected chi connectivity index (χ0v) is 15.4. The first-order valence-corrected chi connectivity index (χ1v) is 8.74. The van der Waals surface area contributed by atoms with Crippen molar-refractivity contribution in [3.63, 3.8) is 0 Å². The fourth-order valence-electron chi connectivity index (χ4n) is 3.02. The van der Waals surface area contributed by atoms with Crippen molar-refractivity contribution in [1.82, 2.24) is 4.57 Å². The van der Waals surface area contributed by atoms with Crippen molar-refractivity contribution in [2.75, 3.05) is 11.9 Å². The summed E-state index contributed by atoms with van der Waals surface area (Å²) in [5, 5.41) is 2.02. The van der Waals surface area contributed by atoms with E-state index in [4.69, 9.17) is 4.74 Å². The summed E-state index contributed by atoms with van der Waals surface area (Å²) in [7, 11) is 0. The first-order valence-electron chi connectivity index (χ1n) is 8.74. The highest BCUT2D eigenvalue weighted by Gasteiger charge is 2.26. The average molecular weight is 392 g/mol. The van der Waals surface area contributed by atoms with Crippen LogP contribution in [0.25, 0.3) is 6.08 Å². The van der Waals surface area contributed by atoms with Crippen molar-refractivity contribution in [2.24, 2.45) is 0 Å². The van der Waals surface area contributed by atoms with Crippen LogP contribution in [0.3, 0.4) is 0 Å². The quantitative estimate of drug-likeness (QED) is 0.458. The predicted molar refractivity (Wildman–Crippen MR) is 97.1 cm³/mol. The average Bonchev–Trinajstić information content (AvgIpc) is 3.44. The number of benzene rings is 1. The number of aryl methyl sites for hydroxylation is 1. The molecule has 8 heteroatoms. The number of amides is 1. The van der Waals surface area contributed by atoms with Gasteiger partial charge in [-0.2, -0.15) is 0 Å². The Morgan fingerprint density at radius 1 is 1.21 bits per heavy atom. The van der Waals surface area contributed by atoms with Gasteiger partial charge < -0.3 is 14.6 Å². The number of hydrogen-bond donors (Lipinski definition) is 1. The van der Waals surface area contributed by atoms with Gasteiger partial charge in [-0.3, -0.25) is 4.79 Å². The largest absolute Gasteiger partial charge is 0.452 e. The normalized spacial score (nSPS) is 13.8. The lowest BCUT2D eigenvalue weighted by atomic mass is 10.2. The van der Waals surface area contributed by atoms with E-state index in [1.807, 2.05) is 25.2 Å². The molecule has 1 aromatic carbocycles. The minimum atomic E-state index is -1.69. The Kier molecular flexibility index (Phi) is 5.58. The van der Waals surface area contributed by atoms with Gasteiger partial charge >= 0.3 is 5.97 Å². The second-order valence-electron chi connectivity index (χ2n) is 6.64. The van der Waals surface area contributed by atoms with Gasteiger partial charge in [0.1, 0.15) is 0 Å². The number of nitrogens with one attached hydrogen (secondary N) is 1. The summed E-state index contributed by atoms with van der Waals surface area (Å²) in [6.07, 6.45) is 5.10. The lowest BCUT2D eigenvalue weighted by Gasteiger charge is -2.07. The number of rotatable bonds is 6. The summed E-state index contributed by atoms with van der Waals surface area (Å²) < 4.78 is 46.5. The summed E-state index contributed by atoms with van der Waals surface area (Å²) >= 11 is 0. The molecular formula is C20H19F3N2O3. The molecule has 0 aliphatic heterocycles. The number of esters is 1. The van der Waals surface area contributed by atoms with Gasteiger partial charge in [0.15, 0.2) is 24.1 Å². The van der Waals surface area contributed by atoms with E-state index in [1.165, 1.54) is 6.08 Å². The third-order valence-electron chi connectivity index (χ3n) is 4.49. The monoisotopic (exact) mass is 392 g/mol. The SMILES string of the molecule is Cc1cc(/C=C/C(=O)OCC(=O)Nc2ccc(F)c(F)c2F)c(C)n1C1CC1. The number of carbonyl (C=O) groups excluding carboxylic acids is 2. The molecule has 1 heterocycles. The smallest absolute Gasteiger partial charge is 0.331 e. The first-order chi connectivity index (χ1) is 13.3. The Hall–Kier alpha value is -3.03. The van der Waals surface area contributed by atoms with Crippen LogP contribution in [0.4, 0.5) is 18.9 Å². The van der Waals surface area contributed by atoms with E-state index in [0.29, 0.717) is 12.1 Å². The number of anilines is 1. The topological polar surface area (TPSA) is 60.3 Å². The van der Waals surface area contributed by atoms with E-state index < -0.39 is 41.6 Å². The van der Waals surface area contributed by atoms with Crippen LogP contribution in [0.15, 0.2) is 24.3 Å². The highest BCUT2D eigenvalue weighted by Crippen LogP contribution is 2.38. The molecule has 1 N–H and O–H groups in total. The molecule has 0 unspecified atom stereocenters. The zero-order chi connectivity index (χ0) is 20.4. The van der Waals surface area contributed by atoms with Gasteiger partial charge in [-0.1, -0.05) is 0 Å². The molecule has 148 valence electrons. The standard InChI is InChI=1S/C20H19F3N2O3/c1-11-9-13(12(2)25(11)14-4-5-14)3-8-18(27)28-10-17(26)24-16-7-6-15(21)19(22)20(16)23/h3,6-9,14H,4-5,10H2,1-2H3,(H,24,26)/b8-3+. The number of halogens is 3. The van der Waals surface area contributed by atoms with Gasteiger partial charge in [-0.25, -0.2) is 18.0 Å². The van der Waals surface area contributed by atoms with E-state index in [9.17, 15) is 22.8 Å². The molecule has 28 heavy (non-hydrogen) atoms. The number of nitrogens with zero attached hydrogens (tertiary/aromatic N) is 1. The van der Waals surface area contributed by atoms with E-state index in [0.717, 1.165) is 35.9 Å². The first kappa shape index (κ1) is 19.7. The van der Waals surface area contributed by atoms with Crippen LogP contribution >= 0.6 is 0 Å². The molecule has 1 aliphatic carbocycles. The van der Waals surface area contributed by atoms with Gasteiger partial charge in [0.25, 0.3) is 5.91 Å². The third kappa shape index (κ3) is 4.27. The van der Waals surface area contributed by atoms with E-state index >= 15 is 0 Å². The van der Waals surface area contributed by atoms with Gasteiger partial charge in [0.05, 0.1) is 5.69 Å². The summed E-state index contributed by atoms with van der Waals surface area (Å²) in [4.78, 5) is 23.5. The van der Waals surface area contributed by atoms with E-state index in [1.54, 1.807) is 6.08 Å². The molecule has 0 atom stereocenters. The molecule has 1 fully saturated rings. The maximum absolute atomic E-state index is 13.5. The molecule has 0 saturated heterocycles. The third-order valence-corrected chi connectivity index (χ3v) is 4.49. The summed E-state index contributed by atoms with van der Waals surface area (Å²) in [6, 6.07) is 4.05. The zero-order valence-electron chi connectivity index (χ0n) is 15.4. The van der Waals surface area contributed by atoms with Crippen LogP contribution in [-0.4, -0.2) is 23.1 Å². The molecule has 1 saturated carbocycles. The van der Waals surface area contributed by atoms with E-state index in [-0.39, 0.29) is 0 Å². The molecule has 0 radical (unpaired) electrons. The second kappa shape index (κ2) is 7.92. The fourth-order valence-corrected chi connectivity index (χ4v) is 3.02. The van der Waals surface area contributed by atoms with Crippen molar-refractivity contribution in [3.8, 4) is 0 Å². The van der Waals surface area contributed by atoms with E-state index in [2.05, 4.69) is 4.57 Å². The number of hydrogen-bond acceptors (Lipinski definition) is 3. The molecule has 1 aromatic heterocycles. The predicted octanol–water partition coefficient (Wildman–Crippen LogP) is 4.05. The van der Waals surface area contributed by atoms with Crippen molar-refractivity contribution in [2.45, 2.75) is 32.7 Å². The molecule has 0 bridgehead atoms. The highest BCUT2D eigenvalue weighted by atomic mass is 19.2.